The van der Waals surface area contributed by atoms with E-state index in [1.54, 1.807) is 17.7 Å². The van der Waals surface area contributed by atoms with E-state index in [1.165, 1.54) is 24.7 Å². The predicted octanol–water partition coefficient (Wildman–Crippen LogP) is 3.75. The number of anilines is 2. The summed E-state index contributed by atoms with van der Waals surface area (Å²) in [5.74, 6) is -1.04. The maximum atomic E-state index is 14.3. The minimum absolute atomic E-state index is 0.0809. The molecule has 0 aliphatic rings. The van der Waals surface area contributed by atoms with Crippen molar-refractivity contribution in [2.75, 3.05) is 5.32 Å². The minimum atomic E-state index is -0.557. The lowest BCUT2D eigenvalue weighted by Crippen LogP contribution is -1.99. The van der Waals surface area contributed by atoms with Crippen LogP contribution in [-0.4, -0.2) is 14.5 Å². The van der Waals surface area contributed by atoms with Crippen LogP contribution in [0.3, 0.4) is 0 Å². The molecule has 0 amide bonds. The number of imidazole rings is 1. The van der Waals surface area contributed by atoms with Gasteiger partial charge in [0.15, 0.2) is 11.5 Å². The van der Waals surface area contributed by atoms with Gasteiger partial charge in [-0.3, -0.25) is 0 Å². The zero-order valence-electron chi connectivity index (χ0n) is 10.4. The van der Waals surface area contributed by atoms with Crippen LogP contribution >= 0.6 is 15.9 Å². The summed E-state index contributed by atoms with van der Waals surface area (Å²) in [7, 11) is 1.73. The second-order valence-corrected chi connectivity index (χ2v) is 5.18. The van der Waals surface area contributed by atoms with Gasteiger partial charge in [0.05, 0.1) is 23.9 Å². The number of aromatic nitrogens is 3. The molecule has 0 unspecified atom stereocenters. The summed E-state index contributed by atoms with van der Waals surface area (Å²) in [4.78, 5) is 8.05. The number of rotatable bonds is 2. The highest BCUT2D eigenvalue weighted by Crippen LogP contribution is 2.27. The Labute approximate surface area is 121 Å². The van der Waals surface area contributed by atoms with Gasteiger partial charge in [-0.1, -0.05) is 15.9 Å². The Morgan fingerprint density at radius 1 is 1.20 bits per heavy atom. The van der Waals surface area contributed by atoms with Crippen LogP contribution in [0, 0.1) is 11.6 Å². The smallest absolute Gasteiger partial charge is 0.177 e. The fourth-order valence-corrected chi connectivity index (χ4v) is 2.20. The minimum Gasteiger partial charge on any atom is -0.349 e. The maximum absolute atomic E-state index is 14.3. The molecular formula is C13H9BrF2N4. The van der Waals surface area contributed by atoms with Crippen molar-refractivity contribution in [3.05, 3.63) is 46.8 Å². The van der Waals surface area contributed by atoms with Crippen molar-refractivity contribution < 1.29 is 8.78 Å². The molecule has 1 aromatic carbocycles. The third-order valence-corrected chi connectivity index (χ3v) is 3.36. The molecule has 3 rings (SSSR count). The Morgan fingerprint density at radius 2 is 2.00 bits per heavy atom. The van der Waals surface area contributed by atoms with Crippen molar-refractivity contribution in [1.29, 1.82) is 0 Å². The fourth-order valence-electron chi connectivity index (χ4n) is 1.86. The van der Waals surface area contributed by atoms with Crippen molar-refractivity contribution >= 4 is 38.5 Å². The molecular weight excluding hydrogens is 330 g/mol. The lowest BCUT2D eigenvalue weighted by atomic mass is 10.3. The molecule has 0 aliphatic carbocycles. The topological polar surface area (TPSA) is 42.7 Å². The quantitative estimate of drug-likeness (QED) is 0.773. The van der Waals surface area contributed by atoms with E-state index < -0.39 is 11.6 Å². The molecule has 102 valence electrons. The van der Waals surface area contributed by atoms with Crippen LogP contribution in [0.1, 0.15) is 0 Å². The second-order valence-electron chi connectivity index (χ2n) is 4.26. The lowest BCUT2D eigenvalue weighted by molar-refractivity contribution is 0.627. The average molecular weight is 339 g/mol. The van der Waals surface area contributed by atoms with Crippen LogP contribution in [0.2, 0.25) is 0 Å². The van der Waals surface area contributed by atoms with Crippen LogP contribution in [0.25, 0.3) is 11.2 Å². The molecule has 0 atom stereocenters. The second kappa shape index (κ2) is 4.82. The monoisotopic (exact) mass is 338 g/mol. The third kappa shape index (κ3) is 2.14. The molecule has 7 heteroatoms. The number of nitrogens with zero attached hydrogens (tertiary/aromatic N) is 3. The van der Waals surface area contributed by atoms with Crippen molar-refractivity contribution in [1.82, 2.24) is 14.5 Å². The van der Waals surface area contributed by atoms with Crippen LogP contribution in [0.15, 0.2) is 35.2 Å². The number of halogens is 3. The molecule has 0 saturated heterocycles. The highest BCUT2D eigenvalue weighted by molar-refractivity contribution is 9.10. The van der Waals surface area contributed by atoms with Crippen molar-refractivity contribution in [3.63, 3.8) is 0 Å². The molecule has 0 saturated carbocycles. The van der Waals surface area contributed by atoms with Gasteiger partial charge in [0.25, 0.3) is 0 Å². The molecule has 0 bridgehead atoms. The van der Waals surface area contributed by atoms with Gasteiger partial charge in [0.1, 0.15) is 11.3 Å². The van der Waals surface area contributed by atoms with Crippen LogP contribution < -0.4 is 5.32 Å². The van der Waals surface area contributed by atoms with Crippen molar-refractivity contribution in [3.8, 4) is 0 Å². The molecule has 1 N–H and O–H groups in total. The lowest BCUT2D eigenvalue weighted by Gasteiger charge is -2.08. The van der Waals surface area contributed by atoms with Gasteiger partial charge >= 0.3 is 0 Å². The van der Waals surface area contributed by atoms with E-state index in [4.69, 9.17) is 0 Å². The number of aryl methyl sites for hydroxylation is 1. The molecule has 2 heterocycles. The maximum Gasteiger partial charge on any atom is 0.177 e. The van der Waals surface area contributed by atoms with Crippen LogP contribution in [0.5, 0.6) is 0 Å². The first-order valence-corrected chi connectivity index (χ1v) is 6.53. The summed E-state index contributed by atoms with van der Waals surface area (Å²) in [6.45, 7) is 0. The summed E-state index contributed by atoms with van der Waals surface area (Å²) in [6, 6.07) is 4.48. The Bertz CT molecular complexity index is 800. The fraction of sp³-hybridized carbons (Fsp3) is 0.0769. The van der Waals surface area contributed by atoms with E-state index in [1.807, 2.05) is 0 Å². The predicted molar refractivity (Wildman–Crippen MR) is 75.8 cm³/mol. The normalized spacial score (nSPS) is 11.0. The standard InChI is InChI=1S/C13H9BrF2N4/c1-20-6-18-12-11(16)10(5-17-13(12)20)19-9-3-2-7(14)4-8(9)15/h2-6,19H,1H3. The molecule has 3 aromatic rings. The summed E-state index contributed by atoms with van der Waals surface area (Å²) in [5.41, 5.74) is 0.834. The molecule has 20 heavy (non-hydrogen) atoms. The molecule has 0 spiro atoms. The van der Waals surface area contributed by atoms with Crippen LogP contribution in [0.4, 0.5) is 20.2 Å². The molecule has 0 fully saturated rings. The van der Waals surface area contributed by atoms with Gasteiger partial charge in [0.2, 0.25) is 0 Å². The van der Waals surface area contributed by atoms with E-state index in [0.717, 1.165) is 0 Å². The zero-order chi connectivity index (χ0) is 14.3. The summed E-state index contributed by atoms with van der Waals surface area (Å²) >= 11 is 3.16. The van der Waals surface area contributed by atoms with E-state index in [2.05, 4.69) is 31.2 Å². The van der Waals surface area contributed by atoms with Gasteiger partial charge in [-0.15, -0.1) is 0 Å². The SMILES string of the molecule is Cn1cnc2c(F)c(Nc3ccc(Br)cc3F)cnc21. The zero-order valence-corrected chi connectivity index (χ0v) is 11.9. The largest absolute Gasteiger partial charge is 0.349 e. The van der Waals surface area contributed by atoms with Gasteiger partial charge in [0, 0.05) is 11.5 Å². The van der Waals surface area contributed by atoms with Gasteiger partial charge in [-0.25, -0.2) is 18.7 Å². The highest BCUT2D eigenvalue weighted by Gasteiger charge is 2.13. The van der Waals surface area contributed by atoms with Gasteiger partial charge in [-0.2, -0.15) is 0 Å². The summed E-state index contributed by atoms with van der Waals surface area (Å²) < 4.78 is 30.2. The average Bonchev–Trinajstić information content (AvgIpc) is 2.78. The number of benzene rings is 1. The molecule has 0 radical (unpaired) electrons. The molecule has 2 aromatic heterocycles. The number of hydrogen-bond acceptors (Lipinski definition) is 3. The number of hydrogen-bond donors (Lipinski definition) is 1. The van der Waals surface area contributed by atoms with Gasteiger partial charge in [-0.05, 0) is 18.2 Å². The van der Waals surface area contributed by atoms with Crippen LogP contribution in [-0.2, 0) is 7.05 Å². The molecule has 4 nitrogen and oxygen atoms in total. The Kier molecular flexibility index (Phi) is 3.13. The third-order valence-electron chi connectivity index (χ3n) is 2.87. The van der Waals surface area contributed by atoms with Gasteiger partial charge < -0.3 is 9.88 Å². The first kappa shape index (κ1) is 13.0. The van der Waals surface area contributed by atoms with E-state index in [9.17, 15) is 8.78 Å². The molecule has 0 aliphatic heterocycles. The Balaban J connectivity index is 2.04. The van der Waals surface area contributed by atoms with Crippen molar-refractivity contribution in [2.45, 2.75) is 0 Å². The Hall–Kier alpha value is -2.02. The van der Waals surface area contributed by atoms with Crippen molar-refractivity contribution in [2.24, 2.45) is 7.05 Å². The van der Waals surface area contributed by atoms with E-state index >= 15 is 0 Å². The summed E-state index contributed by atoms with van der Waals surface area (Å²) in [5, 5.41) is 2.69. The highest BCUT2D eigenvalue weighted by atomic mass is 79.9. The Morgan fingerprint density at radius 3 is 2.75 bits per heavy atom. The first-order chi connectivity index (χ1) is 9.56. The number of nitrogens with one attached hydrogen (secondary N) is 1. The van der Waals surface area contributed by atoms with E-state index in [0.29, 0.717) is 10.1 Å². The number of fused-ring (bicyclic) bond motifs is 1. The first-order valence-electron chi connectivity index (χ1n) is 5.74. The number of pyridine rings is 1. The summed E-state index contributed by atoms with van der Waals surface area (Å²) in [6.07, 6.45) is 2.80. The van der Waals surface area contributed by atoms with E-state index in [-0.39, 0.29) is 16.9 Å².